The van der Waals surface area contributed by atoms with E-state index in [1.54, 1.807) is 30.5 Å². The molecule has 0 atom stereocenters. The molecule has 146 valence electrons. The average molecular weight is 406 g/mol. The SMILES string of the molecule is COc1cn(Cc2ccc(F)c(C)c2)c(Nc2cc(Cl)c(F)cc2C)nc1=O. The fourth-order valence-electron chi connectivity index (χ4n) is 2.74. The first-order chi connectivity index (χ1) is 13.3. The van der Waals surface area contributed by atoms with Crippen molar-refractivity contribution in [2.24, 2.45) is 0 Å². The monoisotopic (exact) mass is 405 g/mol. The number of hydrogen-bond donors (Lipinski definition) is 1. The van der Waals surface area contributed by atoms with Crippen molar-refractivity contribution in [1.82, 2.24) is 9.55 Å². The van der Waals surface area contributed by atoms with E-state index in [1.807, 2.05) is 0 Å². The number of ether oxygens (including phenoxy) is 1. The molecular weight excluding hydrogens is 388 g/mol. The van der Waals surface area contributed by atoms with E-state index in [4.69, 9.17) is 16.3 Å². The zero-order valence-electron chi connectivity index (χ0n) is 15.5. The molecule has 0 spiro atoms. The lowest BCUT2D eigenvalue weighted by atomic mass is 10.1. The number of nitrogens with one attached hydrogen (secondary N) is 1. The van der Waals surface area contributed by atoms with Crippen LogP contribution >= 0.6 is 11.6 Å². The maximum absolute atomic E-state index is 13.6. The van der Waals surface area contributed by atoms with Crippen LogP contribution in [0.15, 0.2) is 41.3 Å². The number of benzene rings is 2. The first kappa shape index (κ1) is 19.8. The molecule has 0 bridgehead atoms. The highest BCUT2D eigenvalue weighted by molar-refractivity contribution is 6.31. The lowest BCUT2D eigenvalue weighted by molar-refractivity contribution is 0.402. The number of aryl methyl sites for hydroxylation is 2. The second-order valence-electron chi connectivity index (χ2n) is 6.36. The Morgan fingerprint density at radius 3 is 2.57 bits per heavy atom. The summed E-state index contributed by atoms with van der Waals surface area (Å²) in [6.45, 7) is 3.68. The molecule has 2 aromatic carbocycles. The quantitative estimate of drug-likeness (QED) is 0.674. The minimum atomic E-state index is -0.553. The van der Waals surface area contributed by atoms with Crippen LogP contribution in [0, 0.1) is 25.5 Å². The van der Waals surface area contributed by atoms with Gasteiger partial charge in [0, 0.05) is 5.69 Å². The Hall–Kier alpha value is -2.93. The molecule has 0 saturated carbocycles. The topological polar surface area (TPSA) is 56.1 Å². The zero-order chi connectivity index (χ0) is 20.4. The predicted octanol–water partition coefficient (Wildman–Crippen LogP) is 4.59. The van der Waals surface area contributed by atoms with E-state index < -0.39 is 11.4 Å². The molecule has 0 amide bonds. The molecular formula is C20H18ClF2N3O2. The minimum absolute atomic E-state index is 0.0512. The van der Waals surface area contributed by atoms with Crippen LogP contribution in [0.2, 0.25) is 5.02 Å². The maximum atomic E-state index is 13.6. The van der Waals surface area contributed by atoms with Crippen molar-refractivity contribution in [1.29, 1.82) is 0 Å². The largest absolute Gasteiger partial charge is 0.490 e. The lowest BCUT2D eigenvalue weighted by Crippen LogP contribution is -2.19. The van der Waals surface area contributed by atoms with Crippen molar-refractivity contribution in [3.05, 3.63) is 80.2 Å². The van der Waals surface area contributed by atoms with Crippen LogP contribution in [0.25, 0.3) is 0 Å². The van der Waals surface area contributed by atoms with Gasteiger partial charge in [-0.15, -0.1) is 0 Å². The smallest absolute Gasteiger partial charge is 0.316 e. The van der Waals surface area contributed by atoms with E-state index in [-0.39, 0.29) is 22.5 Å². The van der Waals surface area contributed by atoms with Gasteiger partial charge in [-0.2, -0.15) is 4.98 Å². The summed E-state index contributed by atoms with van der Waals surface area (Å²) in [6.07, 6.45) is 1.51. The van der Waals surface area contributed by atoms with E-state index in [9.17, 15) is 13.6 Å². The molecule has 0 saturated heterocycles. The van der Waals surface area contributed by atoms with Crippen molar-refractivity contribution < 1.29 is 13.5 Å². The van der Waals surface area contributed by atoms with Crippen LogP contribution in [-0.2, 0) is 6.54 Å². The summed E-state index contributed by atoms with van der Waals surface area (Å²) in [5.74, 6) is -0.544. The van der Waals surface area contributed by atoms with Crippen molar-refractivity contribution >= 4 is 23.2 Å². The number of nitrogens with zero attached hydrogens (tertiary/aromatic N) is 2. The van der Waals surface area contributed by atoms with Gasteiger partial charge >= 0.3 is 5.56 Å². The Balaban J connectivity index is 2.04. The third kappa shape index (κ3) is 4.14. The van der Waals surface area contributed by atoms with Crippen LogP contribution in [-0.4, -0.2) is 16.7 Å². The van der Waals surface area contributed by atoms with Crippen LogP contribution < -0.4 is 15.6 Å². The number of hydrogen-bond acceptors (Lipinski definition) is 4. The highest BCUT2D eigenvalue weighted by Gasteiger charge is 2.13. The third-order valence-electron chi connectivity index (χ3n) is 4.27. The van der Waals surface area contributed by atoms with E-state index in [1.165, 1.54) is 31.5 Å². The molecule has 0 aliphatic carbocycles. The van der Waals surface area contributed by atoms with Crippen molar-refractivity contribution in [3.8, 4) is 5.75 Å². The normalized spacial score (nSPS) is 10.8. The number of methoxy groups -OCH3 is 1. The molecule has 0 fully saturated rings. The first-order valence-electron chi connectivity index (χ1n) is 8.41. The number of aromatic nitrogens is 2. The second-order valence-corrected chi connectivity index (χ2v) is 6.76. The van der Waals surface area contributed by atoms with Gasteiger partial charge in [0.05, 0.1) is 24.9 Å². The van der Waals surface area contributed by atoms with Crippen LogP contribution in [0.5, 0.6) is 5.75 Å². The number of rotatable bonds is 5. The minimum Gasteiger partial charge on any atom is -0.490 e. The van der Waals surface area contributed by atoms with Crippen LogP contribution in [0.1, 0.15) is 16.7 Å². The summed E-state index contributed by atoms with van der Waals surface area (Å²) in [5.41, 5.74) is 1.86. The average Bonchev–Trinajstić information content (AvgIpc) is 2.64. The molecule has 5 nitrogen and oxygen atoms in total. The Kier molecular flexibility index (Phi) is 5.65. The summed E-state index contributed by atoms with van der Waals surface area (Å²) in [7, 11) is 1.38. The Morgan fingerprint density at radius 2 is 1.89 bits per heavy atom. The van der Waals surface area contributed by atoms with E-state index >= 15 is 0 Å². The second kappa shape index (κ2) is 7.98. The van der Waals surface area contributed by atoms with Crippen molar-refractivity contribution in [2.75, 3.05) is 12.4 Å². The Bertz CT molecular complexity index is 1100. The van der Waals surface area contributed by atoms with Crippen LogP contribution in [0.4, 0.5) is 20.4 Å². The van der Waals surface area contributed by atoms with E-state index in [2.05, 4.69) is 10.3 Å². The summed E-state index contributed by atoms with van der Waals surface area (Å²) in [5, 5.41) is 2.97. The molecule has 0 radical (unpaired) electrons. The molecule has 3 rings (SSSR count). The highest BCUT2D eigenvalue weighted by atomic mass is 35.5. The number of anilines is 2. The standard InChI is InChI=1S/C20H18ClF2N3O2/c1-11-6-13(4-5-15(11)22)9-26-10-18(28-3)19(27)25-20(26)24-17-8-14(21)16(23)7-12(17)2/h4-8,10H,9H2,1-3H3,(H,24,25,27). The van der Waals surface area contributed by atoms with Crippen molar-refractivity contribution in [2.45, 2.75) is 20.4 Å². The fourth-order valence-corrected chi connectivity index (χ4v) is 2.90. The molecule has 0 aliphatic rings. The highest BCUT2D eigenvalue weighted by Crippen LogP contribution is 2.26. The Morgan fingerprint density at radius 1 is 1.14 bits per heavy atom. The van der Waals surface area contributed by atoms with Gasteiger partial charge < -0.3 is 14.6 Å². The summed E-state index contributed by atoms with van der Waals surface area (Å²) >= 11 is 5.87. The summed E-state index contributed by atoms with van der Waals surface area (Å²) in [4.78, 5) is 16.2. The molecule has 8 heteroatoms. The van der Waals surface area contributed by atoms with Gasteiger partial charge in [-0.1, -0.05) is 23.7 Å². The van der Waals surface area contributed by atoms with Gasteiger partial charge in [0.2, 0.25) is 11.7 Å². The summed E-state index contributed by atoms with van der Waals surface area (Å²) < 4.78 is 33.9. The van der Waals surface area contributed by atoms with Crippen molar-refractivity contribution in [3.63, 3.8) is 0 Å². The summed E-state index contributed by atoms with van der Waals surface area (Å²) in [6, 6.07) is 7.46. The predicted molar refractivity (Wildman–Crippen MR) is 105 cm³/mol. The van der Waals surface area contributed by atoms with Crippen LogP contribution in [0.3, 0.4) is 0 Å². The zero-order valence-corrected chi connectivity index (χ0v) is 16.3. The number of halogens is 3. The van der Waals surface area contributed by atoms with Gasteiger partial charge in [-0.25, -0.2) is 8.78 Å². The molecule has 0 aliphatic heterocycles. The molecule has 1 heterocycles. The van der Waals surface area contributed by atoms with E-state index in [0.717, 1.165) is 5.56 Å². The first-order valence-corrected chi connectivity index (χ1v) is 8.79. The van der Waals surface area contributed by atoms with Gasteiger partial charge in [-0.3, -0.25) is 4.79 Å². The van der Waals surface area contributed by atoms with Gasteiger partial charge in [-0.05, 0) is 48.7 Å². The van der Waals surface area contributed by atoms with Gasteiger partial charge in [0.25, 0.3) is 0 Å². The maximum Gasteiger partial charge on any atom is 0.316 e. The molecule has 3 aromatic rings. The lowest BCUT2D eigenvalue weighted by Gasteiger charge is -2.17. The molecule has 0 unspecified atom stereocenters. The molecule has 1 N–H and O–H groups in total. The fraction of sp³-hybridized carbons (Fsp3) is 0.200. The van der Waals surface area contributed by atoms with Gasteiger partial charge in [0.1, 0.15) is 11.6 Å². The van der Waals surface area contributed by atoms with Gasteiger partial charge in [0.15, 0.2) is 0 Å². The molecule has 28 heavy (non-hydrogen) atoms. The van der Waals surface area contributed by atoms with E-state index in [0.29, 0.717) is 23.4 Å². The molecule has 1 aromatic heterocycles. The third-order valence-corrected chi connectivity index (χ3v) is 4.56. The Labute approximate surface area is 165 Å².